The van der Waals surface area contributed by atoms with Gasteiger partial charge in [0.25, 0.3) is 0 Å². The summed E-state index contributed by atoms with van der Waals surface area (Å²) in [6, 6.07) is 3.06. The number of H-pyrrole nitrogens is 1. The zero-order valence-electron chi connectivity index (χ0n) is 7.19. The fourth-order valence-corrected chi connectivity index (χ4v) is 1.63. The van der Waals surface area contributed by atoms with Crippen LogP contribution in [0.3, 0.4) is 0 Å². The number of nitrogens with one attached hydrogen (secondary N) is 1. The molecule has 0 fully saturated rings. The SMILES string of the molecule is Nc1ccc(Br)c2nc(C(F)(F)F)[nH]c12. The van der Waals surface area contributed by atoms with Crippen molar-refractivity contribution in [3.8, 4) is 0 Å². The van der Waals surface area contributed by atoms with E-state index in [2.05, 4.69) is 25.9 Å². The summed E-state index contributed by atoms with van der Waals surface area (Å²) in [7, 11) is 0. The van der Waals surface area contributed by atoms with Crippen molar-refractivity contribution in [2.24, 2.45) is 0 Å². The molecule has 3 nitrogen and oxygen atoms in total. The maximum absolute atomic E-state index is 12.3. The van der Waals surface area contributed by atoms with Gasteiger partial charge in [0.15, 0.2) is 0 Å². The van der Waals surface area contributed by atoms with Crippen molar-refractivity contribution in [3.63, 3.8) is 0 Å². The number of nitrogen functional groups attached to an aromatic ring is 1. The number of anilines is 1. The quantitative estimate of drug-likeness (QED) is 0.729. The van der Waals surface area contributed by atoms with Crippen molar-refractivity contribution in [1.29, 1.82) is 0 Å². The van der Waals surface area contributed by atoms with Gasteiger partial charge in [-0.05, 0) is 28.1 Å². The highest BCUT2D eigenvalue weighted by Gasteiger charge is 2.35. The van der Waals surface area contributed by atoms with E-state index in [0.29, 0.717) is 4.47 Å². The van der Waals surface area contributed by atoms with Crippen LogP contribution in [0.5, 0.6) is 0 Å². The lowest BCUT2D eigenvalue weighted by atomic mass is 10.3. The van der Waals surface area contributed by atoms with E-state index in [4.69, 9.17) is 5.73 Å². The van der Waals surface area contributed by atoms with Gasteiger partial charge in [-0.2, -0.15) is 13.2 Å². The van der Waals surface area contributed by atoms with Crippen LogP contribution < -0.4 is 5.73 Å². The standard InChI is InChI=1S/C8H5BrF3N3/c9-3-1-2-4(13)6-5(3)14-7(15-6)8(10,11)12/h1-2H,13H2,(H,14,15). The Bertz CT molecular complexity index is 479. The third-order valence-electron chi connectivity index (χ3n) is 1.90. The maximum atomic E-state index is 12.3. The summed E-state index contributed by atoms with van der Waals surface area (Å²) >= 11 is 3.11. The lowest BCUT2D eigenvalue weighted by molar-refractivity contribution is -0.144. The van der Waals surface area contributed by atoms with Gasteiger partial charge < -0.3 is 10.7 Å². The first-order valence-electron chi connectivity index (χ1n) is 3.90. The summed E-state index contributed by atoms with van der Waals surface area (Å²) in [5.41, 5.74) is 6.13. The van der Waals surface area contributed by atoms with Crippen molar-refractivity contribution in [3.05, 3.63) is 22.4 Å². The number of alkyl halides is 3. The maximum Gasteiger partial charge on any atom is 0.449 e. The van der Waals surface area contributed by atoms with Gasteiger partial charge in [0, 0.05) is 4.47 Å². The average molecular weight is 280 g/mol. The Hall–Kier alpha value is -1.24. The molecule has 0 aliphatic rings. The summed E-state index contributed by atoms with van der Waals surface area (Å²) in [6.45, 7) is 0. The summed E-state index contributed by atoms with van der Waals surface area (Å²) < 4.78 is 37.5. The minimum atomic E-state index is -4.50. The molecule has 2 rings (SSSR count). The molecule has 15 heavy (non-hydrogen) atoms. The number of rotatable bonds is 0. The van der Waals surface area contributed by atoms with Crippen LogP contribution in [0.15, 0.2) is 16.6 Å². The molecule has 1 aromatic carbocycles. The second kappa shape index (κ2) is 3.13. The van der Waals surface area contributed by atoms with Crippen LogP contribution in [-0.4, -0.2) is 9.97 Å². The number of hydrogen-bond donors (Lipinski definition) is 2. The molecule has 2 aromatic rings. The third-order valence-corrected chi connectivity index (χ3v) is 2.54. The van der Waals surface area contributed by atoms with Gasteiger partial charge in [0.05, 0.1) is 11.2 Å². The van der Waals surface area contributed by atoms with Crippen LogP contribution in [0.1, 0.15) is 5.82 Å². The van der Waals surface area contributed by atoms with E-state index >= 15 is 0 Å². The number of imidazole rings is 1. The predicted molar refractivity (Wildman–Crippen MR) is 53.2 cm³/mol. The number of nitrogens with two attached hydrogens (primary N) is 1. The molecule has 3 N–H and O–H groups in total. The van der Waals surface area contributed by atoms with E-state index in [-0.39, 0.29) is 16.7 Å². The van der Waals surface area contributed by atoms with Crippen LogP contribution in [0.2, 0.25) is 0 Å². The first-order valence-corrected chi connectivity index (χ1v) is 4.70. The lowest BCUT2D eigenvalue weighted by Gasteiger charge is -1.99. The smallest absolute Gasteiger partial charge is 0.397 e. The largest absolute Gasteiger partial charge is 0.449 e. The van der Waals surface area contributed by atoms with Crippen molar-refractivity contribution >= 4 is 32.7 Å². The highest BCUT2D eigenvalue weighted by molar-refractivity contribution is 9.10. The highest BCUT2D eigenvalue weighted by atomic mass is 79.9. The zero-order chi connectivity index (χ0) is 11.2. The normalized spacial score (nSPS) is 12.3. The van der Waals surface area contributed by atoms with Crippen LogP contribution >= 0.6 is 15.9 Å². The van der Waals surface area contributed by atoms with Gasteiger partial charge in [-0.1, -0.05) is 0 Å². The molecule has 1 aromatic heterocycles. The molecule has 0 aliphatic carbocycles. The van der Waals surface area contributed by atoms with Gasteiger partial charge in [0.1, 0.15) is 5.52 Å². The number of nitrogens with zero attached hydrogens (tertiary/aromatic N) is 1. The predicted octanol–water partition coefficient (Wildman–Crippen LogP) is 2.93. The van der Waals surface area contributed by atoms with Gasteiger partial charge in [-0.3, -0.25) is 0 Å². The second-order valence-electron chi connectivity index (χ2n) is 2.94. The minimum Gasteiger partial charge on any atom is -0.397 e. The minimum absolute atomic E-state index is 0.183. The Morgan fingerprint density at radius 3 is 2.53 bits per heavy atom. The number of hydrogen-bond acceptors (Lipinski definition) is 2. The molecule has 0 saturated carbocycles. The topological polar surface area (TPSA) is 54.7 Å². The summed E-state index contributed by atoms with van der Waals surface area (Å²) in [5, 5.41) is 0. The molecule has 0 spiro atoms. The molecule has 1 heterocycles. The lowest BCUT2D eigenvalue weighted by Crippen LogP contribution is -2.06. The fourth-order valence-electron chi connectivity index (χ4n) is 1.21. The number of aromatic amines is 1. The van der Waals surface area contributed by atoms with Crippen LogP contribution in [0, 0.1) is 0 Å². The van der Waals surface area contributed by atoms with Crippen LogP contribution in [0.4, 0.5) is 18.9 Å². The highest BCUT2D eigenvalue weighted by Crippen LogP contribution is 2.32. The van der Waals surface area contributed by atoms with Crippen molar-refractivity contribution in [2.75, 3.05) is 5.73 Å². The zero-order valence-corrected chi connectivity index (χ0v) is 8.78. The first kappa shape index (κ1) is 10.3. The Kier molecular flexibility index (Phi) is 2.14. The Morgan fingerprint density at radius 2 is 2.00 bits per heavy atom. The monoisotopic (exact) mass is 279 g/mol. The summed E-state index contributed by atoms with van der Waals surface area (Å²) in [6.07, 6.45) is -4.50. The van der Waals surface area contributed by atoms with Crippen LogP contribution in [-0.2, 0) is 6.18 Å². The van der Waals surface area contributed by atoms with Crippen molar-refractivity contribution in [2.45, 2.75) is 6.18 Å². The van der Waals surface area contributed by atoms with Gasteiger partial charge in [-0.15, -0.1) is 0 Å². The molecule has 80 valence electrons. The Labute approximate surface area is 90.6 Å². The van der Waals surface area contributed by atoms with E-state index in [9.17, 15) is 13.2 Å². The van der Waals surface area contributed by atoms with Crippen molar-refractivity contribution in [1.82, 2.24) is 9.97 Å². The number of fused-ring (bicyclic) bond motifs is 1. The van der Waals surface area contributed by atoms with E-state index < -0.39 is 12.0 Å². The molecule has 0 radical (unpaired) electrons. The molecule has 0 unspecified atom stereocenters. The molecule has 0 saturated heterocycles. The average Bonchev–Trinajstić information content (AvgIpc) is 2.56. The summed E-state index contributed by atoms with van der Waals surface area (Å²) in [4.78, 5) is 5.59. The molecule has 0 atom stereocenters. The first-order chi connectivity index (χ1) is 6.89. The summed E-state index contributed by atoms with van der Waals surface area (Å²) in [5.74, 6) is -1.05. The second-order valence-corrected chi connectivity index (χ2v) is 3.80. The van der Waals surface area contributed by atoms with Crippen molar-refractivity contribution < 1.29 is 13.2 Å². The fraction of sp³-hybridized carbons (Fsp3) is 0.125. The Balaban J connectivity index is 2.76. The van der Waals surface area contributed by atoms with Crippen LogP contribution in [0.25, 0.3) is 11.0 Å². The third kappa shape index (κ3) is 1.67. The van der Waals surface area contributed by atoms with Gasteiger partial charge in [-0.25, -0.2) is 4.98 Å². The molecule has 7 heteroatoms. The molecule has 0 amide bonds. The van der Waals surface area contributed by atoms with E-state index in [1.54, 1.807) is 6.07 Å². The number of benzene rings is 1. The van der Waals surface area contributed by atoms with E-state index in [1.165, 1.54) is 6.07 Å². The Morgan fingerprint density at radius 1 is 1.33 bits per heavy atom. The molecular weight excluding hydrogens is 275 g/mol. The molecule has 0 bridgehead atoms. The van der Waals surface area contributed by atoms with Gasteiger partial charge >= 0.3 is 6.18 Å². The number of halogens is 4. The van der Waals surface area contributed by atoms with E-state index in [0.717, 1.165) is 0 Å². The molecule has 0 aliphatic heterocycles. The van der Waals surface area contributed by atoms with Gasteiger partial charge in [0.2, 0.25) is 5.82 Å². The van der Waals surface area contributed by atoms with E-state index in [1.807, 2.05) is 0 Å². The molecular formula is C8H5BrF3N3. The number of aromatic nitrogens is 2.